The van der Waals surface area contributed by atoms with Crippen molar-refractivity contribution in [3.8, 4) is 0 Å². The Morgan fingerprint density at radius 2 is 1.86 bits per heavy atom. The zero-order valence-electron chi connectivity index (χ0n) is 15.2. The van der Waals surface area contributed by atoms with Gasteiger partial charge in [-0.05, 0) is 11.6 Å². The van der Waals surface area contributed by atoms with Gasteiger partial charge in [-0.1, -0.05) is 53.0 Å². The maximum absolute atomic E-state index is 13.0. The van der Waals surface area contributed by atoms with Crippen LogP contribution in [0.15, 0.2) is 72.1 Å². The molecule has 0 radical (unpaired) electrons. The van der Waals surface area contributed by atoms with E-state index >= 15 is 0 Å². The van der Waals surface area contributed by atoms with Gasteiger partial charge in [-0.3, -0.25) is 10.1 Å². The summed E-state index contributed by atoms with van der Waals surface area (Å²) in [5.74, 6) is 0. The number of nitro benzene ring substituents is 1. The Morgan fingerprint density at radius 1 is 1.24 bits per heavy atom. The summed E-state index contributed by atoms with van der Waals surface area (Å²) in [6.45, 7) is 2.56. The maximum atomic E-state index is 13.0. The standard InChI is InChI=1S/C18H19N3O7S/c1-2-15(12-22)20(19-18(23)28-13-14-8-4-3-5-9-14)29(26,27)17-11-7-6-10-16(17)21(24)25/h2-11,15,22H,1,12-13H2,(H,19,23)/t15-/m0/s1. The predicted molar refractivity (Wildman–Crippen MR) is 103 cm³/mol. The number of ether oxygens (including phenoxy) is 1. The molecular weight excluding hydrogens is 402 g/mol. The lowest BCUT2D eigenvalue weighted by Crippen LogP contribution is -2.52. The summed E-state index contributed by atoms with van der Waals surface area (Å²) in [6, 6.07) is 12.0. The Hall–Kier alpha value is -3.28. The number of para-hydroxylation sites is 1. The minimum atomic E-state index is -4.63. The van der Waals surface area contributed by atoms with Crippen LogP contribution in [0.4, 0.5) is 10.5 Å². The smallest absolute Gasteiger partial charge is 0.423 e. The van der Waals surface area contributed by atoms with Crippen LogP contribution in [0, 0.1) is 10.1 Å². The molecule has 2 aromatic rings. The Bertz CT molecular complexity index is 980. The largest absolute Gasteiger partial charge is 0.444 e. The van der Waals surface area contributed by atoms with Crippen LogP contribution in [0.25, 0.3) is 0 Å². The summed E-state index contributed by atoms with van der Waals surface area (Å²) in [7, 11) is -4.63. The molecule has 2 rings (SSSR count). The van der Waals surface area contributed by atoms with E-state index in [1.54, 1.807) is 30.3 Å². The third-order valence-corrected chi connectivity index (χ3v) is 5.55. The van der Waals surface area contributed by atoms with Crippen LogP contribution in [-0.4, -0.2) is 41.6 Å². The van der Waals surface area contributed by atoms with E-state index in [0.29, 0.717) is 9.98 Å². The minimum absolute atomic E-state index is 0.135. The number of aliphatic hydroxyl groups excluding tert-OH is 1. The molecule has 0 aliphatic heterocycles. The second-order valence-electron chi connectivity index (χ2n) is 5.68. The molecule has 10 nitrogen and oxygen atoms in total. The summed E-state index contributed by atoms with van der Waals surface area (Å²) < 4.78 is 31.4. The first-order valence-corrected chi connectivity index (χ1v) is 9.74. The van der Waals surface area contributed by atoms with Crippen LogP contribution >= 0.6 is 0 Å². The van der Waals surface area contributed by atoms with Crippen LogP contribution in [-0.2, 0) is 21.4 Å². The average Bonchev–Trinajstić information content (AvgIpc) is 2.73. The number of hydrogen-bond donors (Lipinski definition) is 2. The number of aliphatic hydroxyl groups is 1. The van der Waals surface area contributed by atoms with Gasteiger partial charge < -0.3 is 9.84 Å². The number of amides is 1. The van der Waals surface area contributed by atoms with Gasteiger partial charge >= 0.3 is 6.09 Å². The van der Waals surface area contributed by atoms with Crippen LogP contribution in [0.5, 0.6) is 0 Å². The van der Waals surface area contributed by atoms with Gasteiger partial charge in [-0.15, -0.1) is 6.58 Å². The predicted octanol–water partition coefficient (Wildman–Crippen LogP) is 1.97. The van der Waals surface area contributed by atoms with E-state index in [9.17, 15) is 28.4 Å². The minimum Gasteiger partial charge on any atom is -0.444 e. The van der Waals surface area contributed by atoms with Gasteiger partial charge in [0.2, 0.25) is 0 Å². The molecule has 0 aromatic heterocycles. The van der Waals surface area contributed by atoms with Crippen molar-refractivity contribution in [2.45, 2.75) is 17.5 Å². The molecule has 0 bridgehead atoms. The molecular formula is C18H19N3O7S. The van der Waals surface area contributed by atoms with E-state index < -0.39 is 44.3 Å². The highest BCUT2D eigenvalue weighted by Crippen LogP contribution is 2.26. The van der Waals surface area contributed by atoms with Crippen LogP contribution < -0.4 is 5.43 Å². The van der Waals surface area contributed by atoms with Gasteiger partial charge in [0.25, 0.3) is 15.7 Å². The number of nitro groups is 1. The molecule has 0 saturated heterocycles. The van der Waals surface area contributed by atoms with Crippen molar-refractivity contribution in [2.75, 3.05) is 6.61 Å². The zero-order chi connectivity index (χ0) is 21.4. The Labute approximate surface area is 167 Å². The number of benzene rings is 2. The van der Waals surface area contributed by atoms with Crippen molar-refractivity contribution in [1.82, 2.24) is 9.84 Å². The SMILES string of the molecule is C=C[C@@H](CO)N(NC(=O)OCc1ccccc1)S(=O)(=O)c1ccccc1[N+](=O)[O-]. The van der Waals surface area contributed by atoms with Gasteiger partial charge in [-0.2, -0.15) is 0 Å². The number of rotatable bonds is 9. The molecule has 0 heterocycles. The fourth-order valence-corrected chi connectivity index (χ4v) is 3.92. The topological polar surface area (TPSA) is 139 Å². The second kappa shape index (κ2) is 9.78. The Balaban J connectivity index is 2.31. The second-order valence-corrected chi connectivity index (χ2v) is 7.47. The van der Waals surface area contributed by atoms with E-state index in [1.807, 2.05) is 5.43 Å². The first-order valence-electron chi connectivity index (χ1n) is 8.30. The molecule has 0 saturated carbocycles. The number of sulfonamides is 1. The normalized spacial score (nSPS) is 12.2. The molecule has 154 valence electrons. The van der Waals surface area contributed by atoms with Gasteiger partial charge in [0, 0.05) is 6.07 Å². The van der Waals surface area contributed by atoms with Gasteiger partial charge in [0.05, 0.1) is 17.6 Å². The lowest BCUT2D eigenvalue weighted by molar-refractivity contribution is -0.387. The number of hydrazine groups is 1. The van der Waals surface area contributed by atoms with E-state index in [4.69, 9.17) is 4.74 Å². The number of carbonyl (C=O) groups excluding carboxylic acids is 1. The third kappa shape index (κ3) is 5.38. The fourth-order valence-electron chi connectivity index (χ4n) is 2.34. The summed E-state index contributed by atoms with van der Waals surface area (Å²) >= 11 is 0. The fraction of sp³-hybridized carbons (Fsp3) is 0.167. The molecule has 0 unspecified atom stereocenters. The number of hydrogen-bond acceptors (Lipinski definition) is 7. The molecule has 11 heteroatoms. The van der Waals surface area contributed by atoms with Crippen LogP contribution in [0.3, 0.4) is 0 Å². The highest BCUT2D eigenvalue weighted by Gasteiger charge is 2.36. The van der Waals surface area contributed by atoms with Crippen molar-refractivity contribution >= 4 is 21.8 Å². The summed E-state index contributed by atoms with van der Waals surface area (Å²) in [5, 5.41) is 20.7. The Kier molecular flexibility index (Phi) is 7.42. The molecule has 0 fully saturated rings. The molecule has 1 atom stereocenters. The summed E-state index contributed by atoms with van der Waals surface area (Å²) in [5.41, 5.74) is 2.01. The molecule has 2 aromatic carbocycles. The lowest BCUT2D eigenvalue weighted by Gasteiger charge is -2.27. The molecule has 0 aliphatic rings. The highest BCUT2D eigenvalue weighted by atomic mass is 32.2. The molecule has 1 amide bonds. The first kappa shape index (κ1) is 22.0. The lowest BCUT2D eigenvalue weighted by atomic mass is 10.2. The van der Waals surface area contributed by atoms with E-state index in [-0.39, 0.29) is 6.61 Å². The van der Waals surface area contributed by atoms with E-state index in [2.05, 4.69) is 6.58 Å². The van der Waals surface area contributed by atoms with E-state index in [1.165, 1.54) is 12.1 Å². The van der Waals surface area contributed by atoms with Gasteiger partial charge in [0.15, 0.2) is 4.90 Å². The number of nitrogens with zero attached hydrogens (tertiary/aromatic N) is 2. The molecule has 29 heavy (non-hydrogen) atoms. The highest BCUT2D eigenvalue weighted by molar-refractivity contribution is 7.89. The van der Waals surface area contributed by atoms with Crippen LogP contribution in [0.1, 0.15) is 5.56 Å². The zero-order valence-corrected chi connectivity index (χ0v) is 16.0. The van der Waals surface area contributed by atoms with Crippen LogP contribution in [0.2, 0.25) is 0 Å². The number of carbonyl (C=O) groups is 1. The molecule has 0 spiro atoms. The maximum Gasteiger partial charge on any atom is 0.423 e. The van der Waals surface area contributed by atoms with Crippen molar-refractivity contribution in [2.24, 2.45) is 0 Å². The van der Waals surface area contributed by atoms with Crippen molar-refractivity contribution < 1.29 is 28.0 Å². The van der Waals surface area contributed by atoms with Crippen molar-refractivity contribution in [3.63, 3.8) is 0 Å². The van der Waals surface area contributed by atoms with Crippen molar-refractivity contribution in [3.05, 3.63) is 82.9 Å². The quantitative estimate of drug-likeness (QED) is 0.358. The average molecular weight is 421 g/mol. The third-order valence-electron chi connectivity index (χ3n) is 3.77. The van der Waals surface area contributed by atoms with E-state index in [0.717, 1.165) is 18.2 Å². The molecule has 2 N–H and O–H groups in total. The monoisotopic (exact) mass is 421 g/mol. The van der Waals surface area contributed by atoms with Gasteiger partial charge in [0.1, 0.15) is 6.61 Å². The van der Waals surface area contributed by atoms with Crippen molar-refractivity contribution in [1.29, 1.82) is 0 Å². The molecule has 0 aliphatic carbocycles. The number of nitrogens with one attached hydrogen (secondary N) is 1. The Morgan fingerprint density at radius 3 is 2.45 bits per heavy atom. The summed E-state index contributed by atoms with van der Waals surface area (Å²) in [6.07, 6.45) is -0.0552. The summed E-state index contributed by atoms with van der Waals surface area (Å²) in [4.78, 5) is 21.9. The van der Waals surface area contributed by atoms with Gasteiger partial charge in [-0.25, -0.2) is 18.6 Å². The first-order chi connectivity index (χ1) is 13.8.